The first-order chi connectivity index (χ1) is 16.0. The number of nitrogens with one attached hydrogen (secondary N) is 1. The van der Waals surface area contributed by atoms with Gasteiger partial charge in [-0.25, -0.2) is 4.98 Å². The number of hydrogen-bond donors (Lipinski definition) is 1. The molecule has 0 unspecified atom stereocenters. The van der Waals surface area contributed by atoms with E-state index < -0.39 is 0 Å². The fourth-order valence-corrected chi connectivity index (χ4v) is 5.68. The van der Waals surface area contributed by atoms with Gasteiger partial charge < -0.3 is 14.8 Å². The minimum atomic E-state index is -0.127. The number of carbonyl (C=O) groups excluding carboxylic acids is 2. The smallest absolute Gasteiger partial charge is 0.254 e. The molecule has 5 rings (SSSR count). The molecule has 0 saturated heterocycles. The largest absolute Gasteiger partial charge is 0.356 e. The SMILES string of the molecule is Cn1c(CCNC(=O)CC2(CN3Cc4ccccc4C3=O)CCCCC2)nc2ccccc21. The maximum absolute atomic E-state index is 13.0. The van der Waals surface area contributed by atoms with Gasteiger partial charge in [-0.3, -0.25) is 9.59 Å². The molecule has 6 heteroatoms. The summed E-state index contributed by atoms with van der Waals surface area (Å²) in [5, 5.41) is 3.13. The topological polar surface area (TPSA) is 67.2 Å². The van der Waals surface area contributed by atoms with Crippen molar-refractivity contribution in [2.75, 3.05) is 13.1 Å². The van der Waals surface area contributed by atoms with E-state index in [-0.39, 0.29) is 17.2 Å². The third kappa shape index (κ3) is 4.39. The van der Waals surface area contributed by atoms with Crippen LogP contribution in [0.5, 0.6) is 0 Å². The highest BCUT2D eigenvalue weighted by Gasteiger charge is 2.39. The van der Waals surface area contributed by atoms with Crippen LogP contribution in [0.4, 0.5) is 0 Å². The second-order valence-corrected chi connectivity index (χ2v) is 9.73. The van der Waals surface area contributed by atoms with Crippen LogP contribution in [0.15, 0.2) is 48.5 Å². The van der Waals surface area contributed by atoms with Crippen molar-refractivity contribution in [3.05, 3.63) is 65.5 Å². The molecule has 2 aliphatic rings. The number of fused-ring (bicyclic) bond motifs is 2. The highest BCUT2D eigenvalue weighted by molar-refractivity contribution is 5.98. The second kappa shape index (κ2) is 9.00. The normalized spacial score (nSPS) is 17.4. The van der Waals surface area contributed by atoms with Gasteiger partial charge in [0.25, 0.3) is 5.91 Å². The van der Waals surface area contributed by atoms with Gasteiger partial charge in [0.15, 0.2) is 0 Å². The Morgan fingerprint density at radius 1 is 1.06 bits per heavy atom. The molecule has 1 aliphatic carbocycles. The Kier molecular flexibility index (Phi) is 5.92. The molecule has 3 aromatic rings. The van der Waals surface area contributed by atoms with E-state index >= 15 is 0 Å². The Morgan fingerprint density at radius 3 is 2.61 bits per heavy atom. The Hall–Kier alpha value is -3.15. The number of hydrogen-bond acceptors (Lipinski definition) is 3. The van der Waals surface area contributed by atoms with Crippen LogP contribution in [0.25, 0.3) is 11.0 Å². The number of amides is 2. The van der Waals surface area contributed by atoms with Crippen molar-refractivity contribution in [1.29, 1.82) is 0 Å². The van der Waals surface area contributed by atoms with Gasteiger partial charge in [-0.05, 0) is 42.0 Å². The van der Waals surface area contributed by atoms with Crippen LogP contribution in [-0.4, -0.2) is 39.4 Å². The number of para-hydroxylation sites is 2. The fraction of sp³-hybridized carbons (Fsp3) is 0.444. The van der Waals surface area contributed by atoms with Crippen molar-refractivity contribution < 1.29 is 9.59 Å². The molecule has 0 atom stereocenters. The fourth-order valence-electron chi connectivity index (χ4n) is 5.68. The van der Waals surface area contributed by atoms with Crippen molar-refractivity contribution in [1.82, 2.24) is 19.8 Å². The molecule has 2 heterocycles. The van der Waals surface area contributed by atoms with Crippen molar-refractivity contribution >= 4 is 22.8 Å². The Bertz CT molecular complexity index is 1180. The molecule has 1 saturated carbocycles. The number of nitrogens with zero attached hydrogens (tertiary/aromatic N) is 3. The molecule has 1 fully saturated rings. The lowest BCUT2D eigenvalue weighted by molar-refractivity contribution is -0.124. The summed E-state index contributed by atoms with van der Waals surface area (Å²) in [6.45, 7) is 1.89. The monoisotopic (exact) mass is 444 g/mol. The van der Waals surface area contributed by atoms with Crippen LogP contribution in [0.2, 0.25) is 0 Å². The number of imidazole rings is 1. The van der Waals surface area contributed by atoms with Crippen molar-refractivity contribution in [3.8, 4) is 0 Å². The lowest BCUT2D eigenvalue weighted by Crippen LogP contribution is -2.43. The summed E-state index contributed by atoms with van der Waals surface area (Å²) < 4.78 is 2.10. The Balaban J connectivity index is 1.21. The standard InChI is InChI=1S/C27H32N4O2/c1-30-23-12-6-5-11-22(23)29-24(30)13-16-28-25(32)17-27(14-7-2-8-15-27)19-31-18-20-9-3-4-10-21(20)26(31)33/h3-6,9-12H,2,7-8,13-19H2,1H3,(H,28,32). The molecule has 0 bridgehead atoms. The van der Waals surface area contributed by atoms with E-state index in [1.165, 1.54) is 6.42 Å². The van der Waals surface area contributed by atoms with E-state index in [0.717, 1.165) is 53.7 Å². The predicted molar refractivity (Wildman–Crippen MR) is 129 cm³/mol. The first-order valence-electron chi connectivity index (χ1n) is 12.1. The number of aryl methyl sites for hydroxylation is 1. The Morgan fingerprint density at radius 2 is 1.82 bits per heavy atom. The summed E-state index contributed by atoms with van der Waals surface area (Å²) in [6, 6.07) is 16.0. The third-order valence-electron chi connectivity index (χ3n) is 7.42. The maximum atomic E-state index is 13.0. The first kappa shape index (κ1) is 21.7. The summed E-state index contributed by atoms with van der Waals surface area (Å²) in [5.74, 6) is 1.17. The number of carbonyl (C=O) groups is 2. The number of aromatic nitrogens is 2. The average Bonchev–Trinajstić information content (AvgIpc) is 3.31. The van der Waals surface area contributed by atoms with E-state index in [1.54, 1.807) is 0 Å². The van der Waals surface area contributed by atoms with Crippen molar-refractivity contribution in [2.24, 2.45) is 12.5 Å². The molecule has 0 spiro atoms. The molecule has 1 N–H and O–H groups in total. The molecule has 2 aromatic carbocycles. The van der Waals surface area contributed by atoms with Gasteiger partial charge in [-0.2, -0.15) is 0 Å². The van der Waals surface area contributed by atoms with E-state index in [9.17, 15) is 9.59 Å². The third-order valence-corrected chi connectivity index (χ3v) is 7.42. The van der Waals surface area contributed by atoms with Gasteiger partial charge in [0.2, 0.25) is 5.91 Å². The van der Waals surface area contributed by atoms with Crippen LogP contribution < -0.4 is 5.32 Å². The van der Waals surface area contributed by atoms with E-state index in [0.29, 0.717) is 32.5 Å². The summed E-state index contributed by atoms with van der Waals surface area (Å²) in [4.78, 5) is 32.6. The summed E-state index contributed by atoms with van der Waals surface area (Å²) >= 11 is 0. The summed E-state index contributed by atoms with van der Waals surface area (Å²) in [7, 11) is 2.02. The van der Waals surface area contributed by atoms with Crippen LogP contribution in [-0.2, 0) is 24.8 Å². The zero-order chi connectivity index (χ0) is 22.8. The van der Waals surface area contributed by atoms with Gasteiger partial charge >= 0.3 is 0 Å². The highest BCUT2D eigenvalue weighted by atomic mass is 16.2. The average molecular weight is 445 g/mol. The van der Waals surface area contributed by atoms with Gasteiger partial charge in [-0.15, -0.1) is 0 Å². The first-order valence-corrected chi connectivity index (χ1v) is 12.1. The summed E-state index contributed by atoms with van der Waals surface area (Å²) in [5.41, 5.74) is 3.88. The van der Waals surface area contributed by atoms with E-state index in [2.05, 4.69) is 16.0 Å². The lowest BCUT2D eigenvalue weighted by atomic mass is 9.71. The van der Waals surface area contributed by atoms with Crippen molar-refractivity contribution in [2.45, 2.75) is 51.5 Å². The van der Waals surface area contributed by atoms with Crippen molar-refractivity contribution in [3.63, 3.8) is 0 Å². The van der Waals surface area contributed by atoms with E-state index in [4.69, 9.17) is 4.98 Å². The van der Waals surface area contributed by atoms with E-state index in [1.807, 2.05) is 54.4 Å². The van der Waals surface area contributed by atoms with Gasteiger partial charge in [0, 0.05) is 45.1 Å². The zero-order valence-electron chi connectivity index (χ0n) is 19.3. The molecule has 2 amide bonds. The molecule has 1 aromatic heterocycles. The number of benzene rings is 2. The van der Waals surface area contributed by atoms with Crippen LogP contribution in [0.3, 0.4) is 0 Å². The molecule has 6 nitrogen and oxygen atoms in total. The molecule has 0 radical (unpaired) electrons. The molecule has 172 valence electrons. The Labute approximate surface area is 195 Å². The summed E-state index contributed by atoms with van der Waals surface area (Å²) in [6.07, 6.45) is 6.66. The van der Waals surface area contributed by atoms with Crippen LogP contribution >= 0.6 is 0 Å². The molecule has 33 heavy (non-hydrogen) atoms. The number of rotatable bonds is 7. The molecular weight excluding hydrogens is 412 g/mol. The predicted octanol–water partition coefficient (Wildman–Crippen LogP) is 4.23. The van der Waals surface area contributed by atoms with Gasteiger partial charge in [-0.1, -0.05) is 49.6 Å². The van der Waals surface area contributed by atoms with Crippen LogP contribution in [0.1, 0.15) is 60.3 Å². The van der Waals surface area contributed by atoms with Gasteiger partial charge in [0.05, 0.1) is 11.0 Å². The maximum Gasteiger partial charge on any atom is 0.254 e. The zero-order valence-corrected chi connectivity index (χ0v) is 19.3. The quantitative estimate of drug-likeness (QED) is 0.593. The van der Waals surface area contributed by atoms with Gasteiger partial charge in [0.1, 0.15) is 5.82 Å². The molecule has 1 aliphatic heterocycles. The van der Waals surface area contributed by atoms with Crippen LogP contribution in [0, 0.1) is 5.41 Å². The highest BCUT2D eigenvalue weighted by Crippen LogP contribution is 2.41. The molecular formula is C27H32N4O2. The lowest BCUT2D eigenvalue weighted by Gasteiger charge is -2.39. The second-order valence-electron chi connectivity index (χ2n) is 9.73. The minimum absolute atomic E-state index is 0.0832. The minimum Gasteiger partial charge on any atom is -0.356 e.